The second kappa shape index (κ2) is 8.39. The van der Waals surface area contributed by atoms with E-state index in [-0.39, 0.29) is 22.8 Å². The Morgan fingerprint density at radius 2 is 2.06 bits per heavy atom. The Kier molecular flexibility index (Phi) is 5.51. The van der Waals surface area contributed by atoms with Crippen molar-refractivity contribution in [2.45, 2.75) is 62.9 Å². The fraction of sp³-hybridized carbons (Fsp3) is 0.478. The van der Waals surface area contributed by atoms with Crippen molar-refractivity contribution >= 4 is 28.9 Å². The fourth-order valence-corrected chi connectivity index (χ4v) is 4.46. The van der Waals surface area contributed by atoms with Gasteiger partial charge in [-0.25, -0.2) is 9.37 Å². The minimum atomic E-state index is -1.01. The highest BCUT2D eigenvalue weighted by molar-refractivity contribution is 6.00. The van der Waals surface area contributed by atoms with Gasteiger partial charge in [0.15, 0.2) is 5.65 Å². The van der Waals surface area contributed by atoms with E-state index in [9.17, 15) is 19.1 Å². The highest BCUT2D eigenvalue weighted by Crippen LogP contribution is 2.34. The first-order valence-corrected chi connectivity index (χ1v) is 11.5. The summed E-state index contributed by atoms with van der Waals surface area (Å²) in [4.78, 5) is 30.4. The third kappa shape index (κ3) is 4.23. The molecule has 0 aromatic carbocycles. The van der Waals surface area contributed by atoms with Crippen molar-refractivity contribution in [2.24, 2.45) is 0 Å². The standard InChI is InChI=1S/C23H28FN7O3/c1-23(34)7-5-13(6-8-23)30-9-3-4-16(22(30)33)27-18-11-19(25-2)31-20(29-18)14(12-26-31)21(32)28-17-10-15(17)24/h3-4,9,11-13,15,17,25,34H,5-8,10H2,1-2H3,(H,27,29)(H,28,32)/t13?,15-,17+,23?/m1/s1. The predicted molar refractivity (Wildman–Crippen MR) is 125 cm³/mol. The van der Waals surface area contributed by atoms with Crippen molar-refractivity contribution < 1.29 is 14.3 Å². The zero-order chi connectivity index (χ0) is 24.0. The Balaban J connectivity index is 1.44. The molecule has 11 heteroatoms. The van der Waals surface area contributed by atoms with Crippen LogP contribution in [0.4, 0.5) is 21.7 Å². The quantitative estimate of drug-likeness (QED) is 0.437. The first-order chi connectivity index (χ1) is 16.3. The van der Waals surface area contributed by atoms with E-state index in [4.69, 9.17) is 0 Å². The van der Waals surface area contributed by atoms with E-state index in [1.165, 1.54) is 10.7 Å². The van der Waals surface area contributed by atoms with Crippen LogP contribution in [0.25, 0.3) is 5.65 Å². The number of aliphatic hydroxyl groups is 1. The number of alkyl halides is 1. The first-order valence-electron chi connectivity index (χ1n) is 11.5. The molecule has 2 fully saturated rings. The summed E-state index contributed by atoms with van der Waals surface area (Å²) in [5.74, 6) is 0.483. The number of fused-ring (bicyclic) bond motifs is 1. The molecule has 0 spiro atoms. The van der Waals surface area contributed by atoms with Crippen LogP contribution in [0.5, 0.6) is 0 Å². The minimum absolute atomic E-state index is 0.0182. The Labute approximate surface area is 195 Å². The molecule has 2 aliphatic carbocycles. The van der Waals surface area contributed by atoms with Gasteiger partial charge < -0.3 is 25.6 Å². The van der Waals surface area contributed by atoms with Crippen LogP contribution >= 0.6 is 0 Å². The van der Waals surface area contributed by atoms with Crippen LogP contribution in [0.1, 0.15) is 55.4 Å². The second-order valence-corrected chi connectivity index (χ2v) is 9.39. The zero-order valence-electron chi connectivity index (χ0n) is 19.1. The van der Waals surface area contributed by atoms with Crippen molar-refractivity contribution in [3.8, 4) is 0 Å². The van der Waals surface area contributed by atoms with Crippen LogP contribution in [0.2, 0.25) is 0 Å². The van der Waals surface area contributed by atoms with E-state index in [1.54, 1.807) is 36.0 Å². The normalized spacial score (nSPS) is 26.3. The van der Waals surface area contributed by atoms with Gasteiger partial charge in [0.2, 0.25) is 0 Å². The van der Waals surface area contributed by atoms with Crippen LogP contribution in [0, 0.1) is 0 Å². The topological polar surface area (TPSA) is 126 Å². The largest absolute Gasteiger partial charge is 0.390 e. The Bertz CT molecular complexity index is 1290. The number of halogens is 1. The van der Waals surface area contributed by atoms with Gasteiger partial charge in [-0.1, -0.05) is 0 Å². The smallest absolute Gasteiger partial charge is 0.274 e. The molecule has 3 heterocycles. The van der Waals surface area contributed by atoms with E-state index in [2.05, 4.69) is 26.0 Å². The van der Waals surface area contributed by atoms with Gasteiger partial charge in [-0.05, 0) is 44.7 Å². The summed E-state index contributed by atoms with van der Waals surface area (Å²) in [6.07, 6.45) is 5.18. The number of pyridine rings is 1. The van der Waals surface area contributed by atoms with Crippen LogP contribution in [0.3, 0.4) is 0 Å². The van der Waals surface area contributed by atoms with Gasteiger partial charge in [-0.2, -0.15) is 9.61 Å². The van der Waals surface area contributed by atoms with Crippen molar-refractivity contribution in [1.82, 2.24) is 24.5 Å². The van der Waals surface area contributed by atoms with Crippen LogP contribution in [-0.2, 0) is 0 Å². The Morgan fingerprint density at radius 3 is 2.74 bits per heavy atom. The van der Waals surface area contributed by atoms with E-state index < -0.39 is 23.7 Å². The van der Waals surface area contributed by atoms with Gasteiger partial charge in [0.1, 0.15) is 29.1 Å². The SMILES string of the molecule is CNc1cc(Nc2cccn(C3CCC(C)(O)CC3)c2=O)nc2c(C(=O)N[C@H]3C[C@H]3F)cnn12. The summed E-state index contributed by atoms with van der Waals surface area (Å²) in [6, 6.07) is 4.72. The number of aromatic nitrogens is 4. The molecule has 3 aromatic heterocycles. The number of carbonyl (C=O) groups is 1. The molecule has 34 heavy (non-hydrogen) atoms. The third-order valence-corrected chi connectivity index (χ3v) is 6.66. The number of amides is 1. The molecule has 0 unspecified atom stereocenters. The van der Waals surface area contributed by atoms with E-state index in [1.807, 2.05) is 6.92 Å². The van der Waals surface area contributed by atoms with Crippen molar-refractivity contribution in [1.29, 1.82) is 0 Å². The second-order valence-electron chi connectivity index (χ2n) is 9.39. The van der Waals surface area contributed by atoms with E-state index in [0.717, 1.165) is 12.8 Å². The van der Waals surface area contributed by atoms with Gasteiger partial charge in [-0.15, -0.1) is 0 Å². The fourth-order valence-electron chi connectivity index (χ4n) is 4.46. The molecule has 0 aliphatic heterocycles. The maximum Gasteiger partial charge on any atom is 0.274 e. The number of hydrogen-bond donors (Lipinski definition) is 4. The molecule has 3 aromatic rings. The number of anilines is 3. The van der Waals surface area contributed by atoms with E-state index in [0.29, 0.717) is 36.6 Å². The molecule has 2 atom stereocenters. The molecule has 4 N–H and O–H groups in total. The van der Waals surface area contributed by atoms with Gasteiger partial charge in [-0.3, -0.25) is 9.59 Å². The Hall–Kier alpha value is -3.47. The molecule has 0 bridgehead atoms. The molecular formula is C23H28FN7O3. The molecule has 180 valence electrons. The summed E-state index contributed by atoms with van der Waals surface area (Å²) in [5, 5.41) is 23.2. The lowest BCUT2D eigenvalue weighted by Gasteiger charge is -2.34. The maximum absolute atomic E-state index is 13.2. The molecule has 5 rings (SSSR count). The summed E-state index contributed by atoms with van der Waals surface area (Å²) < 4.78 is 16.4. The van der Waals surface area contributed by atoms with Crippen molar-refractivity contribution in [2.75, 3.05) is 17.7 Å². The third-order valence-electron chi connectivity index (χ3n) is 6.66. The zero-order valence-corrected chi connectivity index (χ0v) is 19.1. The Morgan fingerprint density at radius 1 is 1.32 bits per heavy atom. The lowest BCUT2D eigenvalue weighted by molar-refractivity contribution is 0.00956. The molecule has 1 amide bonds. The molecular weight excluding hydrogens is 441 g/mol. The highest BCUT2D eigenvalue weighted by Gasteiger charge is 2.39. The highest BCUT2D eigenvalue weighted by atomic mass is 19.1. The molecule has 2 saturated carbocycles. The average Bonchev–Trinajstić information content (AvgIpc) is 3.32. The van der Waals surface area contributed by atoms with Gasteiger partial charge in [0.25, 0.3) is 11.5 Å². The number of nitrogens with one attached hydrogen (secondary N) is 3. The summed E-state index contributed by atoms with van der Waals surface area (Å²) in [6.45, 7) is 1.83. The number of nitrogens with zero attached hydrogens (tertiary/aromatic N) is 4. The first kappa shape index (κ1) is 22.3. The molecule has 0 radical (unpaired) electrons. The average molecular weight is 470 g/mol. The summed E-state index contributed by atoms with van der Waals surface area (Å²) >= 11 is 0. The van der Waals surface area contributed by atoms with Crippen molar-refractivity contribution in [3.05, 3.63) is 46.5 Å². The van der Waals surface area contributed by atoms with Crippen LogP contribution in [0.15, 0.2) is 35.4 Å². The van der Waals surface area contributed by atoms with Gasteiger partial charge >= 0.3 is 0 Å². The van der Waals surface area contributed by atoms with E-state index >= 15 is 0 Å². The molecule has 10 nitrogen and oxygen atoms in total. The number of rotatable bonds is 6. The summed E-state index contributed by atoms with van der Waals surface area (Å²) in [5.41, 5.74) is -0.00953. The number of hydrogen-bond acceptors (Lipinski definition) is 7. The van der Waals surface area contributed by atoms with Crippen LogP contribution < -0.4 is 21.5 Å². The lowest BCUT2D eigenvalue weighted by atomic mass is 9.83. The molecule has 2 aliphatic rings. The maximum atomic E-state index is 13.2. The lowest BCUT2D eigenvalue weighted by Crippen LogP contribution is -2.35. The monoisotopic (exact) mass is 469 g/mol. The predicted octanol–water partition coefficient (Wildman–Crippen LogP) is 2.38. The van der Waals surface area contributed by atoms with Gasteiger partial charge in [0, 0.05) is 31.8 Å². The molecule has 0 saturated heterocycles. The van der Waals surface area contributed by atoms with Crippen LogP contribution in [-0.4, -0.2) is 55.0 Å². The van der Waals surface area contributed by atoms with Gasteiger partial charge in [0.05, 0.1) is 17.8 Å². The summed E-state index contributed by atoms with van der Waals surface area (Å²) in [7, 11) is 1.71. The number of carbonyl (C=O) groups excluding carboxylic acids is 1. The van der Waals surface area contributed by atoms with Crippen molar-refractivity contribution in [3.63, 3.8) is 0 Å². The minimum Gasteiger partial charge on any atom is -0.390 e.